The van der Waals surface area contributed by atoms with Crippen molar-refractivity contribution in [2.75, 3.05) is 7.11 Å². The van der Waals surface area contributed by atoms with Gasteiger partial charge in [0.2, 0.25) is 0 Å². The predicted molar refractivity (Wildman–Crippen MR) is 84.6 cm³/mol. The molecule has 0 saturated heterocycles. The molecule has 0 heterocycles. The molecule has 0 fully saturated rings. The Morgan fingerprint density at radius 2 is 1.46 bits per heavy atom. The molecule has 24 heavy (non-hydrogen) atoms. The van der Waals surface area contributed by atoms with E-state index in [2.05, 4.69) is 0 Å². The lowest BCUT2D eigenvalue weighted by molar-refractivity contribution is 0.0324. The minimum absolute atomic E-state index is 0.0149. The third-order valence-corrected chi connectivity index (χ3v) is 6.50. The molecule has 0 amide bonds. The highest BCUT2D eigenvalue weighted by Gasteiger charge is 2.41. The van der Waals surface area contributed by atoms with Gasteiger partial charge in [-0.05, 0) is 52.2 Å². The van der Waals surface area contributed by atoms with E-state index in [1.54, 1.807) is 0 Å². The molecule has 0 unspecified atom stereocenters. The van der Waals surface area contributed by atoms with Gasteiger partial charge in [-0.2, -0.15) is 0 Å². The van der Waals surface area contributed by atoms with Crippen molar-refractivity contribution in [1.29, 1.82) is 0 Å². The van der Waals surface area contributed by atoms with Gasteiger partial charge in [0.15, 0.2) is 23.3 Å². The number of hydrogen-bond acceptors (Lipinski definition) is 3. The van der Waals surface area contributed by atoms with E-state index >= 15 is 0 Å². The molecule has 0 N–H and O–H groups in total. The molecule has 0 aliphatic rings. The summed E-state index contributed by atoms with van der Waals surface area (Å²) in [4.78, 5) is 0. The van der Waals surface area contributed by atoms with Crippen LogP contribution in [0.5, 0.6) is 0 Å². The maximum Gasteiger partial charge on any atom is 0.501 e. The lowest BCUT2D eigenvalue weighted by Gasteiger charge is -2.31. The summed E-state index contributed by atoms with van der Waals surface area (Å²) in [6.45, 7) is 7.37. The number of rotatable bonds is 9. The molecule has 1 rings (SSSR count). The Hall–Kier alpha value is -0.963. The zero-order chi connectivity index (χ0) is 18.5. The minimum Gasteiger partial charge on any atom is -0.377 e. The van der Waals surface area contributed by atoms with Gasteiger partial charge in [-0.1, -0.05) is 0 Å². The molecule has 0 aliphatic carbocycles. The van der Waals surface area contributed by atoms with Crippen LogP contribution in [0, 0.1) is 23.3 Å². The van der Waals surface area contributed by atoms with Crippen molar-refractivity contribution in [3.63, 3.8) is 0 Å². The molecular weight excluding hydrogens is 344 g/mol. The topological polar surface area (TPSA) is 27.7 Å². The Morgan fingerprint density at radius 1 is 0.917 bits per heavy atom. The van der Waals surface area contributed by atoms with Crippen molar-refractivity contribution in [1.82, 2.24) is 0 Å². The van der Waals surface area contributed by atoms with Gasteiger partial charge in [0.1, 0.15) is 0 Å². The zero-order valence-electron chi connectivity index (χ0n) is 14.6. The fourth-order valence-corrected chi connectivity index (χ4v) is 5.10. The molecule has 0 aromatic heterocycles. The van der Waals surface area contributed by atoms with E-state index in [-0.39, 0.29) is 24.2 Å². The molecule has 0 radical (unpaired) electrons. The highest BCUT2D eigenvalue weighted by molar-refractivity contribution is 6.60. The molecule has 0 aliphatic heterocycles. The number of halogens is 4. The van der Waals surface area contributed by atoms with Crippen LogP contribution in [0.1, 0.15) is 39.7 Å². The maximum atomic E-state index is 13.7. The molecule has 0 bridgehead atoms. The Labute approximate surface area is 141 Å². The second-order valence-corrected chi connectivity index (χ2v) is 8.78. The summed E-state index contributed by atoms with van der Waals surface area (Å²) in [6, 6.07) is 1.02. The van der Waals surface area contributed by atoms with Crippen LogP contribution in [0.25, 0.3) is 0 Å². The summed E-state index contributed by atoms with van der Waals surface area (Å²) in [6.07, 6.45) is 0.0719. The fraction of sp³-hybridized carbons (Fsp3) is 0.625. The summed E-state index contributed by atoms with van der Waals surface area (Å²) < 4.78 is 70.3. The Balaban J connectivity index is 2.85. The minimum atomic E-state index is -2.99. The van der Waals surface area contributed by atoms with Crippen LogP contribution >= 0.6 is 0 Å². The maximum absolute atomic E-state index is 13.7. The smallest absolute Gasteiger partial charge is 0.377 e. The van der Waals surface area contributed by atoms with Gasteiger partial charge in [-0.25, -0.2) is 17.6 Å². The highest BCUT2D eigenvalue weighted by Crippen LogP contribution is 2.25. The fourth-order valence-electron chi connectivity index (χ4n) is 2.36. The Kier molecular flexibility index (Phi) is 7.85. The molecule has 0 atom stereocenters. The summed E-state index contributed by atoms with van der Waals surface area (Å²) in [5, 5.41) is 0. The molecule has 8 heteroatoms. The van der Waals surface area contributed by atoms with E-state index < -0.39 is 32.1 Å². The van der Waals surface area contributed by atoms with Crippen LogP contribution in [0.4, 0.5) is 17.6 Å². The van der Waals surface area contributed by atoms with Gasteiger partial charge in [0.05, 0.1) is 0 Å². The molecule has 138 valence electrons. The Morgan fingerprint density at radius 3 is 1.92 bits per heavy atom. The van der Waals surface area contributed by atoms with Crippen LogP contribution in [0.15, 0.2) is 6.07 Å². The normalized spacial score (nSPS) is 12.5. The summed E-state index contributed by atoms with van der Waals surface area (Å²) in [5.41, 5.74) is -0.223. The van der Waals surface area contributed by atoms with Crippen LogP contribution < -0.4 is 0 Å². The van der Waals surface area contributed by atoms with E-state index in [1.807, 2.05) is 27.7 Å². The van der Waals surface area contributed by atoms with Gasteiger partial charge in [0, 0.05) is 25.4 Å². The van der Waals surface area contributed by atoms with Crippen molar-refractivity contribution in [2.24, 2.45) is 0 Å². The molecule has 1 aromatic carbocycles. The average Bonchev–Trinajstić information content (AvgIpc) is 2.48. The molecule has 0 saturated carbocycles. The van der Waals surface area contributed by atoms with Gasteiger partial charge < -0.3 is 13.3 Å². The van der Waals surface area contributed by atoms with E-state index in [0.717, 1.165) is 0 Å². The lowest BCUT2D eigenvalue weighted by atomic mass is 10.1. The molecular formula is C16H24F4O3Si. The first-order chi connectivity index (χ1) is 11.1. The lowest BCUT2D eigenvalue weighted by Crippen LogP contribution is -2.48. The van der Waals surface area contributed by atoms with Gasteiger partial charge in [0.25, 0.3) is 0 Å². The number of hydrogen-bond donors (Lipinski definition) is 0. The first kappa shape index (κ1) is 21.1. The van der Waals surface area contributed by atoms with Crippen molar-refractivity contribution < 1.29 is 30.8 Å². The van der Waals surface area contributed by atoms with E-state index in [4.69, 9.17) is 13.3 Å². The van der Waals surface area contributed by atoms with Crippen molar-refractivity contribution in [2.45, 2.75) is 58.8 Å². The third-order valence-electron chi connectivity index (χ3n) is 3.25. The standard InChI is InChI=1S/C16H24F4O3Si/c1-10(2)22-24(21-5,23-11(3)4)8-6-7-12-9-13(17)15(19)16(20)14(12)18/h9-11H,6-8H2,1-5H3. The second kappa shape index (κ2) is 8.94. The van der Waals surface area contributed by atoms with E-state index in [9.17, 15) is 17.6 Å². The largest absolute Gasteiger partial charge is 0.501 e. The monoisotopic (exact) mass is 368 g/mol. The van der Waals surface area contributed by atoms with Gasteiger partial charge in [-0.3, -0.25) is 0 Å². The van der Waals surface area contributed by atoms with Gasteiger partial charge >= 0.3 is 8.80 Å². The first-order valence-electron chi connectivity index (χ1n) is 7.84. The molecule has 0 spiro atoms. The SMILES string of the molecule is CO[Si](CCCc1cc(F)c(F)c(F)c1F)(OC(C)C)OC(C)C. The number of benzene rings is 1. The van der Waals surface area contributed by atoms with Crippen LogP contribution in [0.3, 0.4) is 0 Å². The summed E-state index contributed by atoms with van der Waals surface area (Å²) in [7, 11) is -1.51. The third kappa shape index (κ3) is 5.54. The second-order valence-electron chi connectivity index (χ2n) is 6.03. The summed E-state index contributed by atoms with van der Waals surface area (Å²) in [5.74, 6) is -6.37. The van der Waals surface area contributed by atoms with Crippen molar-refractivity contribution in [3.05, 3.63) is 34.9 Å². The first-order valence-corrected chi connectivity index (χ1v) is 9.77. The van der Waals surface area contributed by atoms with Gasteiger partial charge in [-0.15, -0.1) is 0 Å². The van der Waals surface area contributed by atoms with Crippen LogP contribution in [-0.4, -0.2) is 28.1 Å². The van der Waals surface area contributed by atoms with Crippen LogP contribution in [-0.2, 0) is 19.7 Å². The average molecular weight is 368 g/mol. The Bertz CT molecular complexity index is 543. The van der Waals surface area contributed by atoms with Crippen molar-refractivity contribution >= 4 is 8.80 Å². The van der Waals surface area contributed by atoms with Crippen molar-refractivity contribution in [3.8, 4) is 0 Å². The molecule has 1 aromatic rings. The number of aryl methyl sites for hydroxylation is 1. The van der Waals surface area contributed by atoms with E-state index in [0.29, 0.717) is 18.5 Å². The zero-order valence-corrected chi connectivity index (χ0v) is 15.6. The van der Waals surface area contributed by atoms with Crippen LogP contribution in [0.2, 0.25) is 6.04 Å². The quantitative estimate of drug-likeness (QED) is 0.276. The summed E-state index contributed by atoms with van der Waals surface area (Å²) >= 11 is 0. The predicted octanol–water partition coefficient (Wildman–Crippen LogP) is 4.61. The van der Waals surface area contributed by atoms with E-state index in [1.165, 1.54) is 7.11 Å². The highest BCUT2D eigenvalue weighted by atomic mass is 28.4. The molecule has 3 nitrogen and oxygen atoms in total.